The smallest absolute Gasteiger partial charge is 0.333 e. The van der Waals surface area contributed by atoms with Crippen LogP contribution in [0.25, 0.3) is 0 Å². The minimum atomic E-state index is -3.00. The topological polar surface area (TPSA) is 87.0 Å². The third kappa shape index (κ3) is 4.36. The summed E-state index contributed by atoms with van der Waals surface area (Å²) in [5, 5.41) is 26.5. The van der Waals surface area contributed by atoms with Crippen LogP contribution in [-0.4, -0.2) is 33.4 Å². The highest BCUT2D eigenvalue weighted by Crippen LogP contribution is 2.14. The number of carbonyl (C=O) groups excluding carboxylic acids is 1. The second kappa shape index (κ2) is 5.09. The quantitative estimate of drug-likeness (QED) is 0.331. The van der Waals surface area contributed by atoms with Crippen LogP contribution >= 0.6 is 0 Å². The van der Waals surface area contributed by atoms with Crippen LogP contribution in [0.2, 0.25) is 0 Å². The standard InChI is InChI=1S/C9H16O5/c1-4-5-7(9(11,12)13)14-8(10)6(2)3/h7,11-13H,2,4-5H2,1,3H3. The van der Waals surface area contributed by atoms with E-state index >= 15 is 0 Å². The Morgan fingerprint density at radius 3 is 2.29 bits per heavy atom. The van der Waals surface area contributed by atoms with Crippen LogP contribution in [0.15, 0.2) is 12.2 Å². The van der Waals surface area contributed by atoms with E-state index in [1.165, 1.54) is 6.92 Å². The van der Waals surface area contributed by atoms with Crippen LogP contribution in [0.3, 0.4) is 0 Å². The predicted molar refractivity (Wildman–Crippen MR) is 49.0 cm³/mol. The molecule has 1 atom stereocenters. The highest BCUT2D eigenvalue weighted by Gasteiger charge is 2.34. The van der Waals surface area contributed by atoms with Gasteiger partial charge in [-0.1, -0.05) is 19.9 Å². The van der Waals surface area contributed by atoms with Gasteiger partial charge in [0.2, 0.25) is 0 Å². The minimum Gasteiger partial charge on any atom is -0.450 e. The van der Waals surface area contributed by atoms with Crippen molar-refractivity contribution < 1.29 is 24.9 Å². The molecule has 0 fully saturated rings. The van der Waals surface area contributed by atoms with Gasteiger partial charge < -0.3 is 20.1 Å². The van der Waals surface area contributed by atoms with Crippen LogP contribution in [0.5, 0.6) is 0 Å². The Morgan fingerprint density at radius 2 is 2.00 bits per heavy atom. The molecule has 82 valence electrons. The summed E-state index contributed by atoms with van der Waals surface area (Å²) in [6, 6.07) is 0. The molecule has 0 spiro atoms. The van der Waals surface area contributed by atoms with Gasteiger partial charge >= 0.3 is 11.9 Å². The van der Waals surface area contributed by atoms with Crippen LogP contribution in [0.4, 0.5) is 0 Å². The first-order valence-electron chi connectivity index (χ1n) is 4.32. The van der Waals surface area contributed by atoms with Gasteiger partial charge in [0.05, 0.1) is 0 Å². The molecule has 0 aromatic carbocycles. The van der Waals surface area contributed by atoms with Gasteiger partial charge in [-0.2, -0.15) is 0 Å². The van der Waals surface area contributed by atoms with Crippen molar-refractivity contribution in [1.82, 2.24) is 0 Å². The van der Waals surface area contributed by atoms with E-state index in [9.17, 15) is 4.79 Å². The average molecular weight is 204 g/mol. The molecule has 0 rings (SSSR count). The lowest BCUT2D eigenvalue weighted by Gasteiger charge is -2.25. The van der Waals surface area contributed by atoms with Crippen LogP contribution in [-0.2, 0) is 9.53 Å². The first-order valence-corrected chi connectivity index (χ1v) is 4.32. The average Bonchev–Trinajstić information content (AvgIpc) is 2.01. The van der Waals surface area contributed by atoms with Crippen molar-refractivity contribution in [3.8, 4) is 0 Å². The molecule has 5 heteroatoms. The largest absolute Gasteiger partial charge is 0.450 e. The van der Waals surface area contributed by atoms with Gasteiger partial charge in [0.15, 0.2) is 6.10 Å². The number of hydrogen-bond donors (Lipinski definition) is 3. The lowest BCUT2D eigenvalue weighted by Crippen LogP contribution is -2.44. The van der Waals surface area contributed by atoms with E-state index in [2.05, 4.69) is 11.3 Å². The molecular formula is C9H16O5. The van der Waals surface area contributed by atoms with Crippen LogP contribution in [0.1, 0.15) is 26.7 Å². The Kier molecular flexibility index (Phi) is 4.76. The van der Waals surface area contributed by atoms with Crippen molar-refractivity contribution in [2.45, 2.75) is 38.8 Å². The van der Waals surface area contributed by atoms with E-state index in [0.29, 0.717) is 6.42 Å². The van der Waals surface area contributed by atoms with E-state index < -0.39 is 18.0 Å². The van der Waals surface area contributed by atoms with Gasteiger partial charge in [-0.25, -0.2) is 4.79 Å². The first kappa shape index (κ1) is 13.1. The number of hydrogen-bond acceptors (Lipinski definition) is 5. The molecule has 0 aliphatic heterocycles. The van der Waals surface area contributed by atoms with Gasteiger partial charge in [-0.3, -0.25) is 0 Å². The summed E-state index contributed by atoms with van der Waals surface area (Å²) in [5.41, 5.74) is 0.135. The Bertz CT molecular complexity index is 216. The maximum atomic E-state index is 11.0. The van der Waals surface area contributed by atoms with E-state index in [-0.39, 0.29) is 12.0 Å². The SMILES string of the molecule is C=C(C)C(=O)OC(CCC)C(O)(O)O. The Morgan fingerprint density at radius 1 is 1.50 bits per heavy atom. The van der Waals surface area contributed by atoms with Gasteiger partial charge in [-0.15, -0.1) is 0 Å². The monoisotopic (exact) mass is 204 g/mol. The summed E-state index contributed by atoms with van der Waals surface area (Å²) in [4.78, 5) is 11.0. The molecule has 0 aliphatic rings. The second-order valence-electron chi connectivity index (χ2n) is 3.15. The highest BCUT2D eigenvalue weighted by atomic mass is 16.7. The van der Waals surface area contributed by atoms with Crippen molar-refractivity contribution in [3.63, 3.8) is 0 Å². The maximum Gasteiger partial charge on any atom is 0.333 e. The van der Waals surface area contributed by atoms with Crippen molar-refractivity contribution in [2.75, 3.05) is 0 Å². The summed E-state index contributed by atoms with van der Waals surface area (Å²) in [7, 11) is 0. The van der Waals surface area contributed by atoms with Gasteiger partial charge in [0.25, 0.3) is 0 Å². The summed E-state index contributed by atoms with van der Waals surface area (Å²) in [6.45, 7) is 6.52. The summed E-state index contributed by atoms with van der Waals surface area (Å²) in [5.74, 6) is -3.76. The summed E-state index contributed by atoms with van der Waals surface area (Å²) in [6.07, 6.45) is -0.656. The first-order chi connectivity index (χ1) is 6.29. The predicted octanol–water partition coefficient (Wildman–Crippen LogP) is -0.0949. The van der Waals surface area contributed by atoms with E-state index in [4.69, 9.17) is 15.3 Å². The maximum absolute atomic E-state index is 11.0. The molecule has 3 N–H and O–H groups in total. The number of carbonyl (C=O) groups is 1. The van der Waals surface area contributed by atoms with Gasteiger partial charge in [0.1, 0.15) is 0 Å². The molecule has 0 saturated carbocycles. The lowest BCUT2D eigenvalue weighted by atomic mass is 10.2. The molecule has 0 amide bonds. The van der Waals surface area contributed by atoms with E-state index in [1.54, 1.807) is 6.92 Å². The molecular weight excluding hydrogens is 188 g/mol. The van der Waals surface area contributed by atoms with Gasteiger partial charge in [0, 0.05) is 5.57 Å². The Hall–Kier alpha value is -0.910. The fourth-order valence-electron chi connectivity index (χ4n) is 0.824. The molecule has 0 aromatic heterocycles. The molecule has 0 radical (unpaired) electrons. The number of rotatable bonds is 5. The van der Waals surface area contributed by atoms with Crippen LogP contribution in [0, 0.1) is 0 Å². The molecule has 1 unspecified atom stereocenters. The normalized spacial score (nSPS) is 13.5. The Balaban J connectivity index is 4.38. The van der Waals surface area contributed by atoms with Crippen molar-refractivity contribution in [2.24, 2.45) is 0 Å². The zero-order valence-corrected chi connectivity index (χ0v) is 8.36. The zero-order chi connectivity index (χ0) is 11.4. The Labute approximate surface area is 82.6 Å². The lowest BCUT2D eigenvalue weighted by molar-refractivity contribution is -0.356. The minimum absolute atomic E-state index is 0.135. The molecule has 0 aromatic rings. The third-order valence-electron chi connectivity index (χ3n) is 1.58. The second-order valence-corrected chi connectivity index (χ2v) is 3.15. The molecule has 0 aliphatic carbocycles. The third-order valence-corrected chi connectivity index (χ3v) is 1.58. The number of aliphatic hydroxyl groups is 3. The zero-order valence-electron chi connectivity index (χ0n) is 8.36. The molecule has 0 bridgehead atoms. The molecule has 14 heavy (non-hydrogen) atoms. The fraction of sp³-hybridized carbons (Fsp3) is 0.667. The molecule has 5 nitrogen and oxygen atoms in total. The highest BCUT2D eigenvalue weighted by molar-refractivity contribution is 5.87. The van der Waals surface area contributed by atoms with Crippen molar-refractivity contribution in [1.29, 1.82) is 0 Å². The summed E-state index contributed by atoms with van der Waals surface area (Å²) < 4.78 is 4.63. The number of esters is 1. The van der Waals surface area contributed by atoms with Gasteiger partial charge in [-0.05, 0) is 13.3 Å². The van der Waals surface area contributed by atoms with Crippen molar-refractivity contribution >= 4 is 5.97 Å². The van der Waals surface area contributed by atoms with Crippen molar-refractivity contribution in [3.05, 3.63) is 12.2 Å². The molecule has 0 heterocycles. The molecule has 0 saturated heterocycles. The van der Waals surface area contributed by atoms with Crippen LogP contribution < -0.4 is 0 Å². The number of ether oxygens (including phenoxy) is 1. The van der Waals surface area contributed by atoms with E-state index in [1.807, 2.05) is 0 Å². The van der Waals surface area contributed by atoms with E-state index in [0.717, 1.165) is 0 Å². The summed E-state index contributed by atoms with van der Waals surface area (Å²) >= 11 is 0. The fourth-order valence-corrected chi connectivity index (χ4v) is 0.824.